The number of carbonyl (C=O) groups is 1. The van der Waals surface area contributed by atoms with Crippen molar-refractivity contribution in [1.29, 1.82) is 0 Å². The van der Waals surface area contributed by atoms with Crippen LogP contribution in [0, 0.1) is 11.2 Å². The summed E-state index contributed by atoms with van der Waals surface area (Å²) in [6.07, 6.45) is 1.10. The Hall–Kier alpha value is -0.780. The van der Waals surface area contributed by atoms with Gasteiger partial charge in [0.05, 0.1) is 15.5 Å². The van der Waals surface area contributed by atoms with Gasteiger partial charge in [0.2, 0.25) is 0 Å². The van der Waals surface area contributed by atoms with Gasteiger partial charge in [0.15, 0.2) is 5.78 Å². The monoisotopic (exact) mass is 315 g/mol. The summed E-state index contributed by atoms with van der Waals surface area (Å²) in [5.74, 6) is -0.728. The summed E-state index contributed by atoms with van der Waals surface area (Å²) in [5.41, 5.74) is 5.18. The van der Waals surface area contributed by atoms with E-state index in [9.17, 15) is 9.18 Å². The fraction of sp³-hybridized carbons (Fsp3) is 0.462. The maximum Gasteiger partial charge on any atom is 0.173 e. The molecule has 1 fully saturated rings. The zero-order valence-corrected chi connectivity index (χ0v) is 11.5. The normalized spacial score (nSPS) is 18.6. The smallest absolute Gasteiger partial charge is 0.173 e. The van der Waals surface area contributed by atoms with Gasteiger partial charge in [-0.3, -0.25) is 4.79 Å². The van der Waals surface area contributed by atoms with E-state index >= 15 is 0 Å². The Morgan fingerprint density at radius 1 is 1.44 bits per heavy atom. The molecule has 0 radical (unpaired) electrons. The Labute approximate surface area is 114 Å². The molecule has 1 aromatic rings. The topological polar surface area (TPSA) is 52.3 Å². The van der Waals surface area contributed by atoms with Crippen molar-refractivity contribution in [3.8, 4) is 0 Å². The maximum atomic E-state index is 14.0. The minimum absolute atomic E-state index is 0.108. The van der Waals surface area contributed by atoms with Gasteiger partial charge >= 0.3 is 0 Å². The summed E-state index contributed by atoms with van der Waals surface area (Å²) >= 11 is 3.09. The molecular formula is C13H15BrFNO2. The Morgan fingerprint density at radius 2 is 2.11 bits per heavy atom. The van der Waals surface area contributed by atoms with E-state index in [-0.39, 0.29) is 17.9 Å². The van der Waals surface area contributed by atoms with Crippen LogP contribution >= 0.6 is 15.9 Å². The molecule has 1 aliphatic rings. The highest BCUT2D eigenvalue weighted by Gasteiger charge is 2.40. The van der Waals surface area contributed by atoms with Crippen LogP contribution in [-0.2, 0) is 4.74 Å². The molecular weight excluding hydrogens is 301 g/mol. The van der Waals surface area contributed by atoms with Crippen LogP contribution in [0.3, 0.4) is 0 Å². The van der Waals surface area contributed by atoms with Gasteiger partial charge in [-0.1, -0.05) is 6.07 Å². The lowest BCUT2D eigenvalue weighted by molar-refractivity contribution is 0.0198. The van der Waals surface area contributed by atoms with E-state index in [4.69, 9.17) is 10.5 Å². The molecule has 1 heterocycles. The van der Waals surface area contributed by atoms with Gasteiger partial charge in [0.1, 0.15) is 5.82 Å². The van der Waals surface area contributed by atoms with Gasteiger partial charge in [-0.05, 0) is 40.9 Å². The Balaban J connectivity index is 2.37. The van der Waals surface area contributed by atoms with E-state index in [1.807, 2.05) is 0 Å². The molecule has 1 aliphatic heterocycles. The third-order valence-corrected chi connectivity index (χ3v) is 4.13. The van der Waals surface area contributed by atoms with E-state index in [0.717, 1.165) is 0 Å². The third-order valence-electron chi connectivity index (χ3n) is 3.52. The zero-order chi connectivity index (χ0) is 13.2. The lowest BCUT2D eigenvalue weighted by Crippen LogP contribution is -2.43. The van der Waals surface area contributed by atoms with E-state index < -0.39 is 11.2 Å². The van der Waals surface area contributed by atoms with Crippen LogP contribution in [0.5, 0.6) is 0 Å². The minimum Gasteiger partial charge on any atom is -0.381 e. The number of nitrogens with two attached hydrogens (primary N) is 1. The van der Waals surface area contributed by atoms with Crippen molar-refractivity contribution in [3.05, 3.63) is 34.1 Å². The van der Waals surface area contributed by atoms with Gasteiger partial charge in [-0.25, -0.2) is 4.39 Å². The molecule has 18 heavy (non-hydrogen) atoms. The molecule has 5 heteroatoms. The van der Waals surface area contributed by atoms with E-state index in [1.165, 1.54) is 6.07 Å². The Morgan fingerprint density at radius 3 is 2.72 bits per heavy atom. The van der Waals surface area contributed by atoms with E-state index in [0.29, 0.717) is 30.5 Å². The summed E-state index contributed by atoms with van der Waals surface area (Å²) in [4.78, 5) is 12.5. The average molecular weight is 316 g/mol. The number of halogens is 2. The second-order valence-corrected chi connectivity index (χ2v) is 5.38. The Kier molecular flexibility index (Phi) is 4.14. The predicted octanol–water partition coefficient (Wildman–Crippen LogP) is 2.53. The summed E-state index contributed by atoms with van der Waals surface area (Å²) in [6.45, 7) is 1.22. The van der Waals surface area contributed by atoms with Crippen LogP contribution < -0.4 is 5.73 Å². The number of hydrogen-bond donors (Lipinski definition) is 1. The molecule has 0 bridgehead atoms. The number of carbonyl (C=O) groups excluding carboxylic acids is 1. The molecule has 1 aromatic carbocycles. The lowest BCUT2D eigenvalue weighted by Gasteiger charge is -2.34. The summed E-state index contributed by atoms with van der Waals surface area (Å²) in [6, 6.07) is 4.74. The SMILES string of the molecule is NCC1(C(=O)c2cccc(Br)c2F)CCOCC1. The summed E-state index contributed by atoms with van der Waals surface area (Å²) in [5, 5.41) is 0. The molecule has 0 aromatic heterocycles. The van der Waals surface area contributed by atoms with E-state index in [2.05, 4.69) is 15.9 Å². The van der Waals surface area contributed by atoms with Gasteiger partial charge in [-0.2, -0.15) is 0 Å². The molecule has 3 nitrogen and oxygen atoms in total. The molecule has 0 atom stereocenters. The van der Waals surface area contributed by atoms with Crippen LogP contribution in [-0.4, -0.2) is 25.5 Å². The van der Waals surface area contributed by atoms with Gasteiger partial charge in [0.25, 0.3) is 0 Å². The fourth-order valence-electron chi connectivity index (χ4n) is 2.25. The average Bonchev–Trinajstić information content (AvgIpc) is 2.42. The molecule has 0 amide bonds. The van der Waals surface area contributed by atoms with Crippen LogP contribution in [0.2, 0.25) is 0 Å². The second-order valence-electron chi connectivity index (χ2n) is 4.53. The summed E-state index contributed by atoms with van der Waals surface area (Å²) < 4.78 is 19.5. The number of ether oxygens (including phenoxy) is 1. The molecule has 2 N–H and O–H groups in total. The number of Topliss-reactive ketones (excluding diaryl/α,β-unsaturated/α-hetero) is 1. The third kappa shape index (κ3) is 2.35. The Bertz CT molecular complexity index is 458. The fourth-order valence-corrected chi connectivity index (χ4v) is 2.62. The largest absolute Gasteiger partial charge is 0.381 e. The first-order valence-electron chi connectivity index (χ1n) is 5.87. The van der Waals surface area contributed by atoms with Gasteiger partial charge < -0.3 is 10.5 Å². The van der Waals surface area contributed by atoms with Crippen LogP contribution in [0.4, 0.5) is 4.39 Å². The van der Waals surface area contributed by atoms with Crippen LogP contribution in [0.1, 0.15) is 23.2 Å². The first-order chi connectivity index (χ1) is 8.60. The summed E-state index contributed by atoms with van der Waals surface area (Å²) in [7, 11) is 0. The molecule has 0 unspecified atom stereocenters. The minimum atomic E-state index is -0.681. The van der Waals surface area contributed by atoms with Crippen molar-refractivity contribution in [2.24, 2.45) is 11.1 Å². The van der Waals surface area contributed by atoms with Crippen molar-refractivity contribution in [1.82, 2.24) is 0 Å². The first-order valence-corrected chi connectivity index (χ1v) is 6.67. The van der Waals surface area contributed by atoms with Crippen molar-refractivity contribution in [2.75, 3.05) is 19.8 Å². The molecule has 2 rings (SSSR count). The zero-order valence-electron chi connectivity index (χ0n) is 9.92. The second kappa shape index (κ2) is 5.47. The van der Waals surface area contributed by atoms with Gasteiger partial charge in [0, 0.05) is 19.8 Å². The molecule has 98 valence electrons. The highest BCUT2D eigenvalue weighted by Crippen LogP contribution is 2.34. The predicted molar refractivity (Wildman–Crippen MR) is 70.0 cm³/mol. The van der Waals surface area contributed by atoms with Gasteiger partial charge in [-0.15, -0.1) is 0 Å². The maximum absolute atomic E-state index is 14.0. The number of benzene rings is 1. The van der Waals surface area contributed by atoms with Crippen LogP contribution in [0.25, 0.3) is 0 Å². The molecule has 0 spiro atoms. The highest BCUT2D eigenvalue weighted by molar-refractivity contribution is 9.10. The highest BCUT2D eigenvalue weighted by atomic mass is 79.9. The van der Waals surface area contributed by atoms with E-state index in [1.54, 1.807) is 12.1 Å². The van der Waals surface area contributed by atoms with Crippen molar-refractivity contribution >= 4 is 21.7 Å². The first kappa shape index (κ1) is 13.6. The molecule has 1 saturated heterocycles. The number of ketones is 1. The quantitative estimate of drug-likeness (QED) is 0.872. The van der Waals surface area contributed by atoms with Crippen molar-refractivity contribution < 1.29 is 13.9 Å². The van der Waals surface area contributed by atoms with Crippen molar-refractivity contribution in [3.63, 3.8) is 0 Å². The molecule has 0 saturated carbocycles. The van der Waals surface area contributed by atoms with Crippen molar-refractivity contribution in [2.45, 2.75) is 12.8 Å². The van der Waals surface area contributed by atoms with Crippen LogP contribution in [0.15, 0.2) is 22.7 Å². The standard InChI is InChI=1S/C13H15BrFNO2/c14-10-3-1-2-9(11(10)15)12(17)13(8-16)4-6-18-7-5-13/h1-3H,4-8,16H2. The number of rotatable bonds is 3. The number of hydrogen-bond acceptors (Lipinski definition) is 3. The molecule has 0 aliphatic carbocycles. The lowest BCUT2D eigenvalue weighted by atomic mass is 9.74.